The lowest BCUT2D eigenvalue weighted by Gasteiger charge is -2.26. The molecule has 0 saturated heterocycles. The minimum atomic E-state index is -0.0754. The number of nitrogens with one attached hydrogen (secondary N) is 1. The summed E-state index contributed by atoms with van der Waals surface area (Å²) >= 11 is 0. The van der Waals surface area contributed by atoms with Crippen LogP contribution in [0, 0.1) is 5.41 Å². The summed E-state index contributed by atoms with van der Waals surface area (Å²) in [6.45, 7) is 6.88. The van der Waals surface area contributed by atoms with E-state index in [4.69, 9.17) is 0 Å². The molecule has 0 aliphatic heterocycles. The number of rotatable bonds is 7. The van der Waals surface area contributed by atoms with Crippen molar-refractivity contribution in [2.45, 2.75) is 39.7 Å². The van der Waals surface area contributed by atoms with Gasteiger partial charge in [-0.05, 0) is 30.7 Å². The molecule has 0 aliphatic carbocycles. The molecule has 0 aliphatic rings. The molecular formula is C17H28N2O2. The van der Waals surface area contributed by atoms with Crippen LogP contribution in [-0.4, -0.2) is 36.2 Å². The summed E-state index contributed by atoms with van der Waals surface area (Å²) < 4.78 is 0. The van der Waals surface area contributed by atoms with Gasteiger partial charge >= 0.3 is 6.03 Å². The third kappa shape index (κ3) is 5.76. The molecule has 2 N–H and O–H groups in total. The van der Waals surface area contributed by atoms with Crippen LogP contribution in [0.25, 0.3) is 0 Å². The topological polar surface area (TPSA) is 52.6 Å². The van der Waals surface area contributed by atoms with Gasteiger partial charge in [-0.3, -0.25) is 0 Å². The molecule has 1 aromatic carbocycles. The molecule has 1 rings (SSSR count). The first kappa shape index (κ1) is 17.5. The maximum Gasteiger partial charge on any atom is 0.317 e. The van der Waals surface area contributed by atoms with Crippen molar-refractivity contribution >= 4 is 6.03 Å². The first-order valence-electron chi connectivity index (χ1n) is 7.54. The SMILES string of the molecule is CC(c1ccccc1)N(C)C(=O)NCCCC(C)(C)CO. The lowest BCUT2D eigenvalue weighted by atomic mass is 9.89. The van der Waals surface area contributed by atoms with Crippen molar-refractivity contribution < 1.29 is 9.90 Å². The molecule has 1 atom stereocenters. The highest BCUT2D eigenvalue weighted by molar-refractivity contribution is 5.74. The summed E-state index contributed by atoms with van der Waals surface area (Å²) in [4.78, 5) is 13.8. The van der Waals surface area contributed by atoms with Crippen LogP contribution in [-0.2, 0) is 0 Å². The van der Waals surface area contributed by atoms with Crippen LogP contribution in [0.2, 0.25) is 0 Å². The summed E-state index contributed by atoms with van der Waals surface area (Å²) in [6.07, 6.45) is 1.76. The van der Waals surface area contributed by atoms with Crippen LogP contribution in [0.15, 0.2) is 30.3 Å². The van der Waals surface area contributed by atoms with Gasteiger partial charge in [0.1, 0.15) is 0 Å². The first-order chi connectivity index (χ1) is 9.87. The van der Waals surface area contributed by atoms with E-state index in [1.54, 1.807) is 4.90 Å². The minimum absolute atomic E-state index is 0.0417. The van der Waals surface area contributed by atoms with Crippen molar-refractivity contribution in [3.63, 3.8) is 0 Å². The highest BCUT2D eigenvalue weighted by atomic mass is 16.3. The van der Waals surface area contributed by atoms with E-state index in [0.717, 1.165) is 18.4 Å². The highest BCUT2D eigenvalue weighted by Crippen LogP contribution is 2.21. The maximum atomic E-state index is 12.1. The number of aliphatic hydroxyl groups is 1. The first-order valence-corrected chi connectivity index (χ1v) is 7.54. The number of aliphatic hydroxyl groups excluding tert-OH is 1. The predicted molar refractivity (Wildman–Crippen MR) is 86.1 cm³/mol. The Bertz CT molecular complexity index is 432. The lowest BCUT2D eigenvalue weighted by Crippen LogP contribution is -2.39. The van der Waals surface area contributed by atoms with Gasteiger partial charge in [0.2, 0.25) is 0 Å². The lowest BCUT2D eigenvalue weighted by molar-refractivity contribution is 0.147. The molecule has 1 unspecified atom stereocenters. The third-order valence-electron chi connectivity index (χ3n) is 3.92. The van der Waals surface area contributed by atoms with Gasteiger partial charge in [0, 0.05) is 20.2 Å². The molecule has 0 saturated carbocycles. The fourth-order valence-corrected chi connectivity index (χ4v) is 2.10. The van der Waals surface area contributed by atoms with Crippen molar-refractivity contribution in [3.8, 4) is 0 Å². The normalized spacial score (nSPS) is 12.8. The summed E-state index contributed by atoms with van der Waals surface area (Å²) in [5.41, 5.74) is 1.05. The number of nitrogens with zero attached hydrogens (tertiary/aromatic N) is 1. The van der Waals surface area contributed by atoms with Crippen molar-refractivity contribution in [2.24, 2.45) is 5.41 Å². The Morgan fingerprint density at radius 2 is 1.95 bits per heavy atom. The number of carbonyl (C=O) groups excluding carboxylic acids is 1. The Balaban J connectivity index is 2.38. The molecule has 0 spiro atoms. The van der Waals surface area contributed by atoms with Crippen LogP contribution in [0.3, 0.4) is 0 Å². The second-order valence-corrected chi connectivity index (χ2v) is 6.36. The van der Waals surface area contributed by atoms with E-state index in [1.807, 2.05) is 58.2 Å². The smallest absolute Gasteiger partial charge is 0.317 e. The van der Waals surface area contributed by atoms with E-state index in [0.29, 0.717) is 6.54 Å². The van der Waals surface area contributed by atoms with E-state index < -0.39 is 0 Å². The van der Waals surface area contributed by atoms with Gasteiger partial charge < -0.3 is 15.3 Å². The molecular weight excluding hydrogens is 264 g/mol. The minimum Gasteiger partial charge on any atom is -0.396 e. The van der Waals surface area contributed by atoms with Gasteiger partial charge in [0.25, 0.3) is 0 Å². The number of hydrogen-bond donors (Lipinski definition) is 2. The average molecular weight is 292 g/mol. The summed E-state index contributed by atoms with van der Waals surface area (Å²) in [7, 11) is 1.81. The number of amides is 2. The van der Waals surface area contributed by atoms with Gasteiger partial charge in [-0.1, -0.05) is 44.2 Å². The number of benzene rings is 1. The third-order valence-corrected chi connectivity index (χ3v) is 3.92. The van der Waals surface area contributed by atoms with Gasteiger partial charge in [-0.2, -0.15) is 0 Å². The van der Waals surface area contributed by atoms with E-state index in [-0.39, 0.29) is 24.1 Å². The zero-order valence-corrected chi connectivity index (χ0v) is 13.6. The van der Waals surface area contributed by atoms with Crippen LogP contribution in [0.1, 0.15) is 45.2 Å². The van der Waals surface area contributed by atoms with Crippen molar-refractivity contribution in [1.29, 1.82) is 0 Å². The molecule has 0 bridgehead atoms. The van der Waals surface area contributed by atoms with E-state index >= 15 is 0 Å². The quantitative estimate of drug-likeness (QED) is 0.758. The Morgan fingerprint density at radius 1 is 1.33 bits per heavy atom. The number of urea groups is 1. The average Bonchev–Trinajstić information content (AvgIpc) is 2.50. The second-order valence-electron chi connectivity index (χ2n) is 6.36. The standard InChI is InChI=1S/C17H28N2O2/c1-14(15-9-6-5-7-10-15)19(4)16(21)18-12-8-11-17(2,3)13-20/h5-7,9-10,14,20H,8,11-13H2,1-4H3,(H,18,21). The highest BCUT2D eigenvalue weighted by Gasteiger charge is 2.18. The van der Waals surface area contributed by atoms with Gasteiger partial charge in [0.05, 0.1) is 6.04 Å². The monoisotopic (exact) mass is 292 g/mol. The predicted octanol–water partition coefficient (Wildman–Crippen LogP) is 3.19. The zero-order chi connectivity index (χ0) is 15.9. The summed E-state index contributed by atoms with van der Waals surface area (Å²) in [5.74, 6) is 0. The largest absolute Gasteiger partial charge is 0.396 e. The van der Waals surface area contributed by atoms with Crippen LogP contribution < -0.4 is 5.32 Å². The fraction of sp³-hybridized carbons (Fsp3) is 0.588. The molecule has 21 heavy (non-hydrogen) atoms. The van der Waals surface area contributed by atoms with Crippen LogP contribution in [0.5, 0.6) is 0 Å². The Kier molecular flexibility index (Phi) is 6.69. The van der Waals surface area contributed by atoms with Crippen LogP contribution in [0.4, 0.5) is 4.79 Å². The van der Waals surface area contributed by atoms with Gasteiger partial charge in [-0.15, -0.1) is 0 Å². The van der Waals surface area contributed by atoms with E-state index in [2.05, 4.69) is 5.32 Å². The molecule has 2 amide bonds. The van der Waals surface area contributed by atoms with Crippen molar-refractivity contribution in [1.82, 2.24) is 10.2 Å². The Hall–Kier alpha value is -1.55. The van der Waals surface area contributed by atoms with E-state index in [9.17, 15) is 9.90 Å². The van der Waals surface area contributed by atoms with Crippen LogP contribution >= 0.6 is 0 Å². The zero-order valence-electron chi connectivity index (χ0n) is 13.6. The summed E-state index contributed by atoms with van der Waals surface area (Å²) in [5, 5.41) is 12.1. The number of carbonyl (C=O) groups is 1. The van der Waals surface area contributed by atoms with Crippen molar-refractivity contribution in [2.75, 3.05) is 20.2 Å². The molecule has 0 radical (unpaired) electrons. The maximum absolute atomic E-state index is 12.1. The van der Waals surface area contributed by atoms with Gasteiger partial charge in [-0.25, -0.2) is 4.79 Å². The Morgan fingerprint density at radius 3 is 2.52 bits per heavy atom. The molecule has 1 aromatic rings. The molecule has 0 aromatic heterocycles. The molecule has 118 valence electrons. The van der Waals surface area contributed by atoms with Crippen molar-refractivity contribution in [3.05, 3.63) is 35.9 Å². The molecule has 4 heteroatoms. The van der Waals surface area contributed by atoms with E-state index in [1.165, 1.54) is 0 Å². The second kappa shape index (κ2) is 8.03. The molecule has 4 nitrogen and oxygen atoms in total. The molecule has 0 fully saturated rings. The van der Waals surface area contributed by atoms with Gasteiger partial charge in [0.15, 0.2) is 0 Å². The molecule has 0 heterocycles. The summed E-state index contributed by atoms with van der Waals surface area (Å²) in [6, 6.07) is 9.96. The number of hydrogen-bond acceptors (Lipinski definition) is 2. The fourth-order valence-electron chi connectivity index (χ4n) is 2.10. The Labute approximate surface area is 128 Å².